The van der Waals surface area contributed by atoms with Gasteiger partial charge in [-0.15, -0.1) is 0 Å². The lowest BCUT2D eigenvalue weighted by Crippen LogP contribution is -2.06. The lowest BCUT2D eigenvalue weighted by Gasteiger charge is -2.10. The van der Waals surface area contributed by atoms with Crippen LogP contribution in [0.4, 0.5) is 13.2 Å². The van der Waals surface area contributed by atoms with Crippen molar-refractivity contribution in [1.82, 2.24) is 0 Å². The van der Waals surface area contributed by atoms with Crippen molar-refractivity contribution in [3.63, 3.8) is 0 Å². The minimum absolute atomic E-state index is 0.409. The van der Waals surface area contributed by atoms with Gasteiger partial charge in [-0.3, -0.25) is 4.21 Å². The molecular formula is C12H17F3OS. The summed E-state index contributed by atoms with van der Waals surface area (Å²) >= 11 is 0. The second-order valence-corrected chi connectivity index (χ2v) is 4.82. The lowest BCUT2D eigenvalue weighted by molar-refractivity contribution is -0.137. The molecule has 1 nitrogen and oxygen atoms in total. The van der Waals surface area contributed by atoms with E-state index in [4.69, 9.17) is 0 Å². The third-order valence-corrected chi connectivity index (χ3v) is 3.48. The molecule has 0 bridgehead atoms. The maximum absolute atomic E-state index is 12.3. The van der Waals surface area contributed by atoms with Gasteiger partial charge in [0.05, 0.1) is 16.4 Å². The first-order valence-corrected chi connectivity index (χ1v) is 6.74. The predicted octanol–water partition coefficient (Wildman–Crippen LogP) is 4.17. The van der Waals surface area contributed by atoms with E-state index < -0.39 is 22.5 Å². The van der Waals surface area contributed by atoms with Crippen LogP contribution in [-0.2, 0) is 17.0 Å². The van der Waals surface area contributed by atoms with Crippen molar-refractivity contribution >= 4 is 10.8 Å². The van der Waals surface area contributed by atoms with Gasteiger partial charge in [-0.05, 0) is 30.7 Å². The Morgan fingerprint density at radius 3 is 2.12 bits per heavy atom. The fourth-order valence-electron chi connectivity index (χ4n) is 1.24. The molecule has 0 aliphatic carbocycles. The molecular weight excluding hydrogens is 249 g/mol. The molecule has 0 radical (unpaired) electrons. The molecule has 1 aromatic carbocycles. The van der Waals surface area contributed by atoms with Gasteiger partial charge < -0.3 is 0 Å². The van der Waals surface area contributed by atoms with Crippen molar-refractivity contribution in [2.24, 2.45) is 0 Å². The number of hydrogen-bond donors (Lipinski definition) is 0. The molecule has 17 heavy (non-hydrogen) atoms. The largest absolute Gasteiger partial charge is 0.416 e. The third-order valence-electron chi connectivity index (χ3n) is 2.01. The van der Waals surface area contributed by atoms with Crippen molar-refractivity contribution in [3.8, 4) is 0 Å². The summed E-state index contributed by atoms with van der Waals surface area (Å²) in [5.74, 6) is 0.409. The summed E-state index contributed by atoms with van der Waals surface area (Å²) in [7, 11) is -1.20. The summed E-state index contributed by atoms with van der Waals surface area (Å²) in [5, 5.41) is 0. The van der Waals surface area contributed by atoms with Gasteiger partial charge in [0.2, 0.25) is 0 Å². The van der Waals surface area contributed by atoms with Crippen LogP contribution in [0.2, 0.25) is 0 Å². The van der Waals surface area contributed by atoms with E-state index in [0.29, 0.717) is 16.2 Å². The highest BCUT2D eigenvalue weighted by atomic mass is 32.2. The molecule has 5 heteroatoms. The average molecular weight is 266 g/mol. The van der Waals surface area contributed by atoms with Gasteiger partial charge in [-0.1, -0.05) is 20.8 Å². The molecule has 0 saturated carbocycles. The number of halogens is 3. The van der Waals surface area contributed by atoms with E-state index in [2.05, 4.69) is 0 Å². The van der Waals surface area contributed by atoms with Crippen LogP contribution in [0.3, 0.4) is 0 Å². The normalized spacial score (nSPS) is 12.6. The Hall–Kier alpha value is -0.840. The lowest BCUT2D eigenvalue weighted by atomic mass is 10.1. The first-order valence-electron chi connectivity index (χ1n) is 5.42. The Morgan fingerprint density at radius 2 is 1.76 bits per heavy atom. The molecule has 0 heterocycles. The van der Waals surface area contributed by atoms with Crippen molar-refractivity contribution < 1.29 is 17.4 Å². The number of hydrogen-bond acceptors (Lipinski definition) is 1. The molecule has 0 aliphatic rings. The molecule has 0 aromatic heterocycles. The highest BCUT2D eigenvalue weighted by molar-refractivity contribution is 7.85. The van der Waals surface area contributed by atoms with Gasteiger partial charge in [0.25, 0.3) is 0 Å². The SMILES string of the molecule is CC.CCS(=O)c1ccc(C(F)(F)F)cc1C. The van der Waals surface area contributed by atoms with Crippen molar-refractivity contribution in [2.45, 2.75) is 38.8 Å². The summed E-state index contributed by atoms with van der Waals surface area (Å²) in [4.78, 5) is 0.477. The molecule has 0 amide bonds. The standard InChI is InChI=1S/C10H11F3OS.C2H6/c1-3-15(14)9-5-4-8(6-7(9)2)10(11,12)13;1-2/h4-6H,3H2,1-2H3;1-2H3. The fraction of sp³-hybridized carbons (Fsp3) is 0.500. The molecule has 0 saturated heterocycles. The van der Waals surface area contributed by atoms with Crippen LogP contribution in [0, 0.1) is 6.92 Å². The number of benzene rings is 1. The topological polar surface area (TPSA) is 17.1 Å². The van der Waals surface area contributed by atoms with Crippen LogP contribution < -0.4 is 0 Å². The van der Waals surface area contributed by atoms with Crippen molar-refractivity contribution in [1.29, 1.82) is 0 Å². The van der Waals surface area contributed by atoms with Crippen LogP contribution >= 0.6 is 0 Å². The van der Waals surface area contributed by atoms with Gasteiger partial charge in [0, 0.05) is 10.6 Å². The Balaban J connectivity index is 0.00000121. The zero-order valence-electron chi connectivity index (χ0n) is 10.4. The Labute approximate surface area is 102 Å². The fourth-order valence-corrected chi connectivity index (χ4v) is 2.19. The Bertz CT molecular complexity index is 386. The van der Waals surface area contributed by atoms with E-state index in [1.54, 1.807) is 6.92 Å². The number of alkyl halides is 3. The van der Waals surface area contributed by atoms with E-state index in [1.165, 1.54) is 13.0 Å². The van der Waals surface area contributed by atoms with E-state index >= 15 is 0 Å². The van der Waals surface area contributed by atoms with Crippen LogP contribution in [0.1, 0.15) is 31.9 Å². The van der Waals surface area contributed by atoms with Gasteiger partial charge in [0.1, 0.15) is 0 Å². The summed E-state index contributed by atoms with van der Waals surface area (Å²) in [6.45, 7) is 7.27. The zero-order chi connectivity index (χ0) is 13.6. The molecule has 1 unspecified atom stereocenters. The first-order chi connectivity index (χ1) is 7.86. The molecule has 0 N–H and O–H groups in total. The van der Waals surface area contributed by atoms with Crippen molar-refractivity contribution in [3.05, 3.63) is 29.3 Å². The molecule has 0 aliphatic heterocycles. The second kappa shape index (κ2) is 6.79. The highest BCUT2D eigenvalue weighted by Gasteiger charge is 2.30. The highest BCUT2D eigenvalue weighted by Crippen LogP contribution is 2.30. The van der Waals surface area contributed by atoms with Crippen molar-refractivity contribution in [2.75, 3.05) is 5.75 Å². The molecule has 1 atom stereocenters. The molecule has 1 aromatic rings. The second-order valence-electron chi connectivity index (χ2n) is 3.11. The summed E-state index contributed by atoms with van der Waals surface area (Å²) < 4.78 is 48.3. The smallest absolute Gasteiger partial charge is 0.254 e. The van der Waals surface area contributed by atoms with Gasteiger partial charge in [0.15, 0.2) is 0 Å². The quantitative estimate of drug-likeness (QED) is 0.785. The monoisotopic (exact) mass is 266 g/mol. The Kier molecular flexibility index (Phi) is 6.45. The zero-order valence-corrected chi connectivity index (χ0v) is 11.2. The molecule has 0 spiro atoms. The number of rotatable bonds is 2. The molecule has 1 rings (SSSR count). The number of aryl methyl sites for hydroxylation is 1. The van der Waals surface area contributed by atoms with Crippen LogP contribution in [-0.4, -0.2) is 9.96 Å². The summed E-state index contributed by atoms with van der Waals surface area (Å²) in [6.07, 6.45) is -4.34. The van der Waals surface area contributed by atoms with Gasteiger partial charge in [-0.25, -0.2) is 0 Å². The minimum atomic E-state index is -4.34. The Morgan fingerprint density at radius 1 is 1.24 bits per heavy atom. The van der Waals surface area contributed by atoms with Gasteiger partial charge >= 0.3 is 6.18 Å². The van der Waals surface area contributed by atoms with Crippen LogP contribution in [0.15, 0.2) is 23.1 Å². The summed E-state index contributed by atoms with van der Waals surface area (Å²) in [6, 6.07) is 3.29. The maximum atomic E-state index is 12.3. The molecule has 0 fully saturated rings. The van der Waals surface area contributed by atoms with Crippen LogP contribution in [0.5, 0.6) is 0 Å². The van der Waals surface area contributed by atoms with E-state index in [0.717, 1.165) is 12.1 Å². The average Bonchev–Trinajstić information content (AvgIpc) is 2.29. The summed E-state index contributed by atoms with van der Waals surface area (Å²) in [5.41, 5.74) is -0.276. The van der Waals surface area contributed by atoms with E-state index in [1.807, 2.05) is 13.8 Å². The maximum Gasteiger partial charge on any atom is 0.416 e. The predicted molar refractivity (Wildman–Crippen MR) is 64.5 cm³/mol. The molecule has 98 valence electrons. The van der Waals surface area contributed by atoms with Crippen LogP contribution in [0.25, 0.3) is 0 Å². The third kappa shape index (κ3) is 4.50. The minimum Gasteiger partial charge on any atom is -0.254 e. The van der Waals surface area contributed by atoms with Gasteiger partial charge in [-0.2, -0.15) is 13.2 Å². The van der Waals surface area contributed by atoms with E-state index in [9.17, 15) is 17.4 Å². The first kappa shape index (κ1) is 16.2. The van der Waals surface area contributed by atoms with E-state index in [-0.39, 0.29) is 0 Å².